The summed E-state index contributed by atoms with van der Waals surface area (Å²) in [5.74, 6) is 0. The van der Waals surface area contributed by atoms with Crippen LogP contribution in [-0.4, -0.2) is 6.26 Å². The van der Waals surface area contributed by atoms with Crippen molar-refractivity contribution in [2.45, 2.75) is 25.7 Å². The van der Waals surface area contributed by atoms with Gasteiger partial charge in [-0.25, -0.2) is 0 Å². The fourth-order valence-electron chi connectivity index (χ4n) is 1.09. The highest BCUT2D eigenvalue weighted by molar-refractivity contribution is 7.98. The molecule has 0 bridgehead atoms. The number of aryl methyl sites for hydroxylation is 1. The maximum absolute atomic E-state index is 3.79. The lowest BCUT2D eigenvalue weighted by atomic mass is 10.1. The van der Waals surface area contributed by atoms with Gasteiger partial charge in [0.2, 0.25) is 0 Å². The molecule has 0 spiro atoms. The van der Waals surface area contributed by atoms with Crippen LogP contribution < -0.4 is 0 Å². The van der Waals surface area contributed by atoms with Gasteiger partial charge >= 0.3 is 0 Å². The first-order valence-corrected chi connectivity index (χ1v) is 5.78. The molecular formula is C12H18S. The molecule has 0 amide bonds. The predicted octanol–water partition coefficient (Wildman–Crippen LogP) is 4.39. The molecule has 0 atom stereocenters. The third kappa shape index (κ3) is 3.27. The molecule has 1 rings (SSSR count). The minimum atomic E-state index is 1.26. The molecule has 1 aromatic rings. The van der Waals surface area contributed by atoms with Gasteiger partial charge in [-0.2, -0.15) is 0 Å². The highest BCUT2D eigenvalue weighted by Crippen LogP contribution is 2.23. The van der Waals surface area contributed by atoms with Crippen LogP contribution in [0.3, 0.4) is 0 Å². The van der Waals surface area contributed by atoms with Gasteiger partial charge in [0, 0.05) is 4.90 Å². The average molecular weight is 194 g/mol. The van der Waals surface area contributed by atoms with Crippen LogP contribution in [0.2, 0.25) is 0 Å². The van der Waals surface area contributed by atoms with E-state index >= 15 is 0 Å². The van der Waals surface area contributed by atoms with Crippen molar-refractivity contribution in [3.05, 3.63) is 35.9 Å². The van der Waals surface area contributed by atoms with E-state index in [0.29, 0.717) is 0 Å². The first-order valence-electron chi connectivity index (χ1n) is 4.55. The summed E-state index contributed by atoms with van der Waals surface area (Å²) in [6.45, 7) is 9.89. The number of hydrogen-bond donors (Lipinski definition) is 0. The van der Waals surface area contributed by atoms with Crippen molar-refractivity contribution < 1.29 is 0 Å². The molecule has 0 saturated heterocycles. The first kappa shape index (κ1) is 12.3. The molecule has 0 aliphatic carbocycles. The SMILES string of the molecule is C=Cc1c(C)cccc1SC.CC. The number of thioether (sulfide) groups is 1. The highest BCUT2D eigenvalue weighted by atomic mass is 32.2. The number of rotatable bonds is 2. The van der Waals surface area contributed by atoms with Gasteiger partial charge in [-0.3, -0.25) is 0 Å². The Bertz CT molecular complexity index is 264. The zero-order valence-electron chi connectivity index (χ0n) is 8.92. The Morgan fingerprint density at radius 3 is 2.31 bits per heavy atom. The van der Waals surface area contributed by atoms with Crippen molar-refractivity contribution in [3.63, 3.8) is 0 Å². The molecule has 0 aliphatic rings. The number of benzene rings is 1. The lowest BCUT2D eigenvalue weighted by Gasteiger charge is -2.04. The standard InChI is InChI=1S/C10H12S.C2H6/c1-4-9-8(2)6-5-7-10(9)11-3;1-2/h4-7H,1H2,2-3H3;1-2H3. The van der Waals surface area contributed by atoms with Crippen LogP contribution in [0.5, 0.6) is 0 Å². The molecule has 13 heavy (non-hydrogen) atoms. The molecule has 1 heteroatoms. The van der Waals surface area contributed by atoms with Crippen LogP contribution in [0.15, 0.2) is 29.7 Å². The smallest absolute Gasteiger partial charge is 0.0144 e. The molecule has 0 saturated carbocycles. The van der Waals surface area contributed by atoms with E-state index in [9.17, 15) is 0 Å². The van der Waals surface area contributed by atoms with E-state index < -0.39 is 0 Å². The van der Waals surface area contributed by atoms with E-state index in [0.717, 1.165) is 0 Å². The van der Waals surface area contributed by atoms with Crippen molar-refractivity contribution >= 4 is 17.8 Å². The Balaban J connectivity index is 0.000000671. The van der Waals surface area contributed by atoms with E-state index in [1.165, 1.54) is 16.0 Å². The lowest BCUT2D eigenvalue weighted by molar-refractivity contribution is 1.33. The van der Waals surface area contributed by atoms with Crippen molar-refractivity contribution in [2.75, 3.05) is 6.26 Å². The van der Waals surface area contributed by atoms with Crippen molar-refractivity contribution in [2.24, 2.45) is 0 Å². The summed E-state index contributed by atoms with van der Waals surface area (Å²) < 4.78 is 0. The molecule has 0 radical (unpaired) electrons. The fraction of sp³-hybridized carbons (Fsp3) is 0.333. The molecule has 0 nitrogen and oxygen atoms in total. The average Bonchev–Trinajstić information content (AvgIpc) is 2.20. The minimum Gasteiger partial charge on any atom is -0.129 e. The van der Waals surface area contributed by atoms with Gasteiger partial charge in [0.1, 0.15) is 0 Å². The summed E-state index contributed by atoms with van der Waals surface area (Å²) in [6.07, 6.45) is 4.00. The van der Waals surface area contributed by atoms with Crippen LogP contribution in [0.1, 0.15) is 25.0 Å². The van der Waals surface area contributed by atoms with Crippen LogP contribution >= 0.6 is 11.8 Å². The molecular weight excluding hydrogens is 176 g/mol. The number of hydrogen-bond acceptors (Lipinski definition) is 1. The van der Waals surface area contributed by atoms with Gasteiger partial charge in [-0.1, -0.05) is 38.6 Å². The molecule has 72 valence electrons. The second-order valence-corrected chi connectivity index (χ2v) is 3.24. The molecule has 0 N–H and O–H groups in total. The van der Waals surface area contributed by atoms with Gasteiger partial charge in [0.15, 0.2) is 0 Å². The monoisotopic (exact) mass is 194 g/mol. The Morgan fingerprint density at radius 2 is 1.92 bits per heavy atom. The maximum atomic E-state index is 3.79. The summed E-state index contributed by atoms with van der Waals surface area (Å²) in [4.78, 5) is 1.31. The lowest BCUT2D eigenvalue weighted by Crippen LogP contribution is -1.82. The Morgan fingerprint density at radius 1 is 1.31 bits per heavy atom. The van der Waals surface area contributed by atoms with Gasteiger partial charge in [-0.15, -0.1) is 11.8 Å². The van der Waals surface area contributed by atoms with Crippen molar-refractivity contribution in [1.82, 2.24) is 0 Å². The zero-order chi connectivity index (χ0) is 10.3. The van der Waals surface area contributed by atoms with Gasteiger partial charge in [-0.05, 0) is 30.4 Å². The fourth-order valence-corrected chi connectivity index (χ4v) is 1.77. The largest absolute Gasteiger partial charge is 0.129 e. The zero-order valence-corrected chi connectivity index (χ0v) is 9.74. The van der Waals surface area contributed by atoms with E-state index in [1.807, 2.05) is 19.9 Å². The van der Waals surface area contributed by atoms with E-state index in [2.05, 4.69) is 38.0 Å². The van der Waals surface area contributed by atoms with Gasteiger partial charge in [0.05, 0.1) is 0 Å². The Labute approximate surface area is 86.1 Å². The van der Waals surface area contributed by atoms with Crippen LogP contribution in [0.4, 0.5) is 0 Å². The summed E-state index contributed by atoms with van der Waals surface area (Å²) in [6, 6.07) is 6.31. The quantitative estimate of drug-likeness (QED) is 0.629. The molecule has 0 fully saturated rings. The summed E-state index contributed by atoms with van der Waals surface area (Å²) in [7, 11) is 0. The predicted molar refractivity (Wildman–Crippen MR) is 64.4 cm³/mol. The van der Waals surface area contributed by atoms with Crippen LogP contribution in [0, 0.1) is 6.92 Å². The topological polar surface area (TPSA) is 0 Å². The normalized spacial score (nSPS) is 8.62. The molecule has 0 unspecified atom stereocenters. The van der Waals surface area contributed by atoms with E-state index in [-0.39, 0.29) is 0 Å². The maximum Gasteiger partial charge on any atom is 0.0144 e. The van der Waals surface area contributed by atoms with E-state index in [4.69, 9.17) is 0 Å². The second-order valence-electron chi connectivity index (χ2n) is 2.39. The summed E-state index contributed by atoms with van der Waals surface area (Å²) >= 11 is 1.76. The van der Waals surface area contributed by atoms with Crippen LogP contribution in [0.25, 0.3) is 6.08 Å². The Hall–Kier alpha value is -0.690. The van der Waals surface area contributed by atoms with Gasteiger partial charge < -0.3 is 0 Å². The summed E-state index contributed by atoms with van der Waals surface area (Å²) in [5.41, 5.74) is 2.56. The molecule has 0 heterocycles. The molecule has 0 aliphatic heterocycles. The Kier molecular flexibility index (Phi) is 6.43. The van der Waals surface area contributed by atoms with Crippen molar-refractivity contribution in [3.8, 4) is 0 Å². The highest BCUT2D eigenvalue weighted by Gasteiger charge is 1.98. The molecule has 0 aromatic heterocycles. The summed E-state index contributed by atoms with van der Waals surface area (Å²) in [5, 5.41) is 0. The first-order chi connectivity index (χ1) is 6.29. The van der Waals surface area contributed by atoms with Crippen molar-refractivity contribution in [1.29, 1.82) is 0 Å². The third-order valence-electron chi connectivity index (χ3n) is 1.71. The minimum absolute atomic E-state index is 1.26. The van der Waals surface area contributed by atoms with Crippen LogP contribution in [-0.2, 0) is 0 Å². The second kappa shape index (κ2) is 6.79. The van der Waals surface area contributed by atoms with Gasteiger partial charge in [0.25, 0.3) is 0 Å². The third-order valence-corrected chi connectivity index (χ3v) is 2.50. The van der Waals surface area contributed by atoms with E-state index in [1.54, 1.807) is 11.8 Å². The molecule has 1 aromatic carbocycles.